The van der Waals surface area contributed by atoms with E-state index in [1.165, 1.54) is 23.6 Å². The predicted octanol–water partition coefficient (Wildman–Crippen LogP) is 9.04. The SMILES string of the molecule is C=C(/C=C(/C)C1=C(CC)C=CCC=C1)c1ccc(-c2ccc(OC(C)=C(F)F)cc2)cc1. The molecule has 0 N–H and O–H groups in total. The van der Waals surface area contributed by atoms with Gasteiger partial charge in [-0.15, -0.1) is 0 Å². The number of hydrogen-bond acceptors (Lipinski definition) is 1. The summed E-state index contributed by atoms with van der Waals surface area (Å²) in [4.78, 5) is 0. The zero-order valence-electron chi connectivity index (χ0n) is 18.8. The first kappa shape index (κ1) is 23.2. The van der Waals surface area contributed by atoms with Crippen molar-refractivity contribution in [2.75, 3.05) is 0 Å². The van der Waals surface area contributed by atoms with Crippen LogP contribution in [0.25, 0.3) is 16.7 Å². The smallest absolute Gasteiger partial charge is 0.307 e. The lowest BCUT2D eigenvalue weighted by atomic mass is 9.95. The molecule has 0 aromatic heterocycles. The Kier molecular flexibility index (Phi) is 7.77. The first-order chi connectivity index (χ1) is 15.4. The fourth-order valence-corrected chi connectivity index (χ4v) is 3.59. The molecule has 0 atom stereocenters. The first-order valence-electron chi connectivity index (χ1n) is 10.7. The second-order valence-corrected chi connectivity index (χ2v) is 7.71. The van der Waals surface area contributed by atoms with E-state index in [4.69, 9.17) is 4.74 Å². The highest BCUT2D eigenvalue weighted by atomic mass is 19.3. The van der Waals surface area contributed by atoms with Crippen LogP contribution in [0.4, 0.5) is 8.78 Å². The van der Waals surface area contributed by atoms with E-state index in [1.54, 1.807) is 12.1 Å². The topological polar surface area (TPSA) is 9.23 Å². The van der Waals surface area contributed by atoms with E-state index in [9.17, 15) is 8.78 Å². The van der Waals surface area contributed by atoms with Crippen LogP contribution >= 0.6 is 0 Å². The van der Waals surface area contributed by atoms with E-state index in [2.05, 4.69) is 62.9 Å². The third kappa shape index (κ3) is 5.82. The largest absolute Gasteiger partial charge is 0.456 e. The van der Waals surface area contributed by atoms with Crippen LogP contribution in [0.15, 0.2) is 114 Å². The maximum Gasteiger partial charge on any atom is 0.307 e. The lowest BCUT2D eigenvalue weighted by Crippen LogP contribution is -1.92. The number of ether oxygens (including phenoxy) is 1. The van der Waals surface area contributed by atoms with Crippen LogP contribution in [0, 0.1) is 0 Å². The van der Waals surface area contributed by atoms with E-state index in [1.807, 2.05) is 24.3 Å². The summed E-state index contributed by atoms with van der Waals surface area (Å²) in [7, 11) is 0. The Labute approximate surface area is 189 Å². The van der Waals surface area contributed by atoms with Gasteiger partial charge >= 0.3 is 6.08 Å². The highest BCUT2D eigenvalue weighted by Crippen LogP contribution is 2.28. The van der Waals surface area contributed by atoms with Gasteiger partial charge in [-0.2, -0.15) is 8.78 Å². The van der Waals surface area contributed by atoms with Gasteiger partial charge in [-0.1, -0.05) is 80.3 Å². The van der Waals surface area contributed by atoms with Crippen molar-refractivity contribution >= 4 is 5.57 Å². The van der Waals surface area contributed by atoms with Crippen LogP contribution < -0.4 is 4.74 Å². The Morgan fingerprint density at radius 2 is 1.53 bits per heavy atom. The highest BCUT2D eigenvalue weighted by molar-refractivity contribution is 5.76. The third-order valence-electron chi connectivity index (χ3n) is 5.40. The number of rotatable bonds is 7. The monoisotopic (exact) mass is 430 g/mol. The van der Waals surface area contributed by atoms with Crippen LogP contribution in [-0.4, -0.2) is 0 Å². The molecular formula is C29H28F2O. The average Bonchev–Trinajstić information content (AvgIpc) is 3.05. The molecule has 0 amide bonds. The Morgan fingerprint density at radius 1 is 0.938 bits per heavy atom. The van der Waals surface area contributed by atoms with Gasteiger partial charge in [-0.05, 0) is 77.8 Å². The molecule has 0 bridgehead atoms. The lowest BCUT2D eigenvalue weighted by Gasteiger charge is -2.10. The molecule has 0 radical (unpaired) electrons. The lowest BCUT2D eigenvalue weighted by molar-refractivity contribution is 0.330. The van der Waals surface area contributed by atoms with Crippen molar-refractivity contribution in [1.29, 1.82) is 0 Å². The van der Waals surface area contributed by atoms with E-state index < -0.39 is 6.08 Å². The van der Waals surface area contributed by atoms with Crippen molar-refractivity contribution in [3.05, 3.63) is 120 Å². The Balaban J connectivity index is 1.76. The summed E-state index contributed by atoms with van der Waals surface area (Å²) >= 11 is 0. The van der Waals surface area contributed by atoms with Gasteiger partial charge in [0.25, 0.3) is 0 Å². The highest BCUT2D eigenvalue weighted by Gasteiger charge is 2.07. The minimum absolute atomic E-state index is 0.382. The molecule has 0 spiro atoms. The van der Waals surface area contributed by atoms with Crippen LogP contribution in [0.5, 0.6) is 5.75 Å². The molecule has 32 heavy (non-hydrogen) atoms. The first-order valence-corrected chi connectivity index (χ1v) is 10.7. The summed E-state index contributed by atoms with van der Waals surface area (Å²) in [5.41, 5.74) is 7.82. The molecule has 0 unspecified atom stereocenters. The van der Waals surface area contributed by atoms with Crippen molar-refractivity contribution in [2.45, 2.75) is 33.6 Å². The zero-order chi connectivity index (χ0) is 23.1. The van der Waals surface area contributed by atoms with Gasteiger partial charge in [0.2, 0.25) is 0 Å². The Morgan fingerprint density at radius 3 is 2.12 bits per heavy atom. The Hall–Kier alpha value is -3.46. The number of hydrogen-bond donors (Lipinski definition) is 0. The number of halogens is 2. The zero-order valence-corrected chi connectivity index (χ0v) is 18.8. The summed E-state index contributed by atoms with van der Waals surface area (Å²) in [6, 6.07) is 15.3. The average molecular weight is 431 g/mol. The van der Waals surface area contributed by atoms with E-state index in [0.717, 1.165) is 35.1 Å². The standard InChI is InChI=1S/C29H28F2O/c1-5-23-9-7-6-8-10-28(23)21(3)19-20(2)24-11-13-25(14-12-24)26-15-17-27(18-16-26)32-22(4)29(30)31/h7-19H,2,5-6H2,1,3-4H3/b21-19-. The maximum atomic E-state index is 12.5. The molecule has 3 rings (SSSR count). The van der Waals surface area contributed by atoms with Gasteiger partial charge in [0.1, 0.15) is 5.75 Å². The van der Waals surface area contributed by atoms with Gasteiger partial charge in [0.15, 0.2) is 5.76 Å². The van der Waals surface area contributed by atoms with Crippen LogP contribution in [-0.2, 0) is 0 Å². The van der Waals surface area contributed by atoms with Gasteiger partial charge in [0, 0.05) is 0 Å². The summed E-state index contributed by atoms with van der Waals surface area (Å²) in [5.74, 6) is -0.00559. The normalized spacial score (nSPS) is 13.7. The van der Waals surface area contributed by atoms with Crippen molar-refractivity contribution in [2.24, 2.45) is 0 Å². The summed E-state index contributed by atoms with van der Waals surface area (Å²) in [5, 5.41) is 0. The van der Waals surface area contributed by atoms with Gasteiger partial charge in [0.05, 0.1) is 0 Å². The van der Waals surface area contributed by atoms with Crippen LogP contribution in [0.3, 0.4) is 0 Å². The van der Waals surface area contributed by atoms with Crippen molar-refractivity contribution in [3.8, 4) is 16.9 Å². The molecule has 0 saturated heterocycles. The molecule has 0 fully saturated rings. The second-order valence-electron chi connectivity index (χ2n) is 7.71. The number of benzene rings is 2. The minimum atomic E-state index is -1.82. The third-order valence-corrected chi connectivity index (χ3v) is 5.40. The minimum Gasteiger partial charge on any atom is -0.456 e. The van der Waals surface area contributed by atoms with Gasteiger partial charge < -0.3 is 4.74 Å². The molecule has 3 heteroatoms. The molecule has 2 aromatic carbocycles. The van der Waals surface area contributed by atoms with Gasteiger partial charge in [-0.3, -0.25) is 0 Å². The molecule has 0 heterocycles. The second kappa shape index (κ2) is 10.7. The molecule has 1 nitrogen and oxygen atoms in total. The maximum absolute atomic E-state index is 12.5. The van der Waals surface area contributed by atoms with Gasteiger partial charge in [-0.25, -0.2) is 0 Å². The summed E-state index contributed by atoms with van der Waals surface area (Å²) in [6.07, 6.45) is 11.1. The fourth-order valence-electron chi connectivity index (χ4n) is 3.59. The van der Waals surface area contributed by atoms with Crippen LogP contribution in [0.1, 0.15) is 39.2 Å². The quantitative estimate of drug-likeness (QED) is 0.314. The molecule has 1 aliphatic rings. The van der Waals surface area contributed by atoms with E-state index in [-0.39, 0.29) is 5.76 Å². The number of allylic oxidation sites excluding steroid dienone is 10. The molecule has 2 aromatic rings. The van der Waals surface area contributed by atoms with Crippen molar-refractivity contribution in [1.82, 2.24) is 0 Å². The van der Waals surface area contributed by atoms with Crippen molar-refractivity contribution in [3.63, 3.8) is 0 Å². The molecule has 0 aliphatic heterocycles. The van der Waals surface area contributed by atoms with Crippen molar-refractivity contribution < 1.29 is 13.5 Å². The summed E-state index contributed by atoms with van der Waals surface area (Å²) < 4.78 is 30.2. The Bertz CT molecular complexity index is 1120. The van der Waals surface area contributed by atoms with E-state index in [0.29, 0.717) is 5.75 Å². The molecule has 164 valence electrons. The van der Waals surface area contributed by atoms with E-state index >= 15 is 0 Å². The van der Waals surface area contributed by atoms with Crippen LogP contribution in [0.2, 0.25) is 0 Å². The fraction of sp³-hybridized carbons (Fsp3) is 0.172. The molecule has 1 aliphatic carbocycles. The predicted molar refractivity (Wildman–Crippen MR) is 130 cm³/mol. The summed E-state index contributed by atoms with van der Waals surface area (Å²) in [6.45, 7) is 9.81. The molecular weight excluding hydrogens is 402 g/mol. The molecule has 0 saturated carbocycles.